The van der Waals surface area contributed by atoms with Gasteiger partial charge in [0.05, 0.1) is 36.8 Å². The Hall–Kier alpha value is -2.59. The van der Waals surface area contributed by atoms with Crippen molar-refractivity contribution < 1.29 is 24.1 Å². The first-order chi connectivity index (χ1) is 16.4. The van der Waals surface area contributed by atoms with Crippen molar-refractivity contribution in [1.29, 1.82) is 0 Å². The Morgan fingerprint density at radius 3 is 2.97 bits per heavy atom. The molecule has 1 fully saturated rings. The highest BCUT2D eigenvalue weighted by molar-refractivity contribution is 6.35. The molecule has 34 heavy (non-hydrogen) atoms. The lowest BCUT2D eigenvalue weighted by Gasteiger charge is -2.30. The standard InChI is InChI=1S/C23H26Cl2N4O5/c24-16-1-6-20(21(25)11-16)23(14-29-10-9-26-15-29)33-13-19(34-23)12-32-18-4-2-17(3-5-18)27-7-8-28-22(30)31/h1,4,6,9-11,15,19,28H,2-3,5,7-8,12-14H2,(H,30,31). The Labute approximate surface area is 207 Å². The van der Waals surface area contributed by atoms with Gasteiger partial charge in [-0.1, -0.05) is 29.3 Å². The number of aliphatic imine (C=N–C) groups is 1. The van der Waals surface area contributed by atoms with Gasteiger partial charge >= 0.3 is 6.09 Å². The summed E-state index contributed by atoms with van der Waals surface area (Å²) in [5.41, 5.74) is 1.74. The van der Waals surface area contributed by atoms with Crippen LogP contribution in [0.1, 0.15) is 24.8 Å². The lowest BCUT2D eigenvalue weighted by molar-refractivity contribution is -0.190. The molecule has 0 spiro atoms. The summed E-state index contributed by atoms with van der Waals surface area (Å²) in [6, 6.07) is 5.26. The number of nitrogens with zero attached hydrogens (tertiary/aromatic N) is 3. The maximum Gasteiger partial charge on any atom is 0.404 e. The van der Waals surface area contributed by atoms with Crippen molar-refractivity contribution >= 4 is 35.0 Å². The molecule has 1 aliphatic heterocycles. The van der Waals surface area contributed by atoms with Crippen LogP contribution in [0.3, 0.4) is 0 Å². The van der Waals surface area contributed by atoms with Crippen LogP contribution < -0.4 is 5.32 Å². The molecule has 9 nitrogen and oxygen atoms in total. The Morgan fingerprint density at radius 1 is 1.38 bits per heavy atom. The molecule has 0 bridgehead atoms. The molecular weight excluding hydrogens is 483 g/mol. The average molecular weight is 509 g/mol. The highest BCUT2D eigenvalue weighted by Crippen LogP contribution is 2.40. The van der Waals surface area contributed by atoms with Gasteiger partial charge in [-0.25, -0.2) is 9.78 Å². The summed E-state index contributed by atoms with van der Waals surface area (Å²) >= 11 is 12.6. The number of carbonyl (C=O) groups is 1. The normalized spacial score (nSPS) is 23.6. The van der Waals surface area contributed by atoms with Gasteiger partial charge in [-0.05, 0) is 24.6 Å². The van der Waals surface area contributed by atoms with Crippen molar-refractivity contribution in [3.05, 3.63) is 64.4 Å². The first kappa shape index (κ1) is 24.5. The fourth-order valence-corrected chi connectivity index (χ4v) is 4.48. The zero-order valence-corrected chi connectivity index (χ0v) is 20.0. The number of halogens is 2. The van der Waals surface area contributed by atoms with Gasteiger partial charge in [-0.15, -0.1) is 0 Å². The van der Waals surface area contributed by atoms with E-state index in [1.165, 1.54) is 0 Å². The van der Waals surface area contributed by atoms with Crippen LogP contribution in [0.2, 0.25) is 10.0 Å². The highest BCUT2D eigenvalue weighted by atomic mass is 35.5. The summed E-state index contributed by atoms with van der Waals surface area (Å²) in [6.45, 7) is 1.82. The molecule has 2 aromatic rings. The summed E-state index contributed by atoms with van der Waals surface area (Å²) in [4.78, 5) is 19.0. The van der Waals surface area contributed by atoms with Crippen LogP contribution in [0, 0.1) is 0 Å². The van der Waals surface area contributed by atoms with E-state index in [0.717, 1.165) is 24.3 Å². The van der Waals surface area contributed by atoms with Crippen LogP contribution in [0.25, 0.3) is 0 Å². The van der Waals surface area contributed by atoms with E-state index in [1.807, 2.05) is 22.9 Å². The van der Waals surface area contributed by atoms with E-state index in [4.69, 9.17) is 42.5 Å². The molecule has 1 aromatic carbocycles. The molecular formula is C23H26Cl2N4O5. The third-order valence-corrected chi connectivity index (χ3v) is 6.10. The molecule has 2 aliphatic rings. The van der Waals surface area contributed by atoms with E-state index in [0.29, 0.717) is 54.9 Å². The summed E-state index contributed by atoms with van der Waals surface area (Å²) < 4.78 is 20.5. The first-order valence-corrected chi connectivity index (χ1v) is 11.7. The fourth-order valence-electron chi connectivity index (χ4n) is 3.93. The van der Waals surface area contributed by atoms with E-state index in [2.05, 4.69) is 15.3 Å². The molecule has 11 heteroatoms. The van der Waals surface area contributed by atoms with Crippen molar-refractivity contribution in [2.24, 2.45) is 4.99 Å². The molecule has 1 aromatic heterocycles. The lowest BCUT2D eigenvalue weighted by Crippen LogP contribution is -2.34. The smallest absolute Gasteiger partial charge is 0.404 e. The summed E-state index contributed by atoms with van der Waals surface area (Å²) in [7, 11) is 0. The maximum absolute atomic E-state index is 10.5. The molecule has 1 amide bonds. The number of benzene rings is 1. The molecule has 2 unspecified atom stereocenters. The number of rotatable bonds is 9. The van der Waals surface area contributed by atoms with Crippen molar-refractivity contribution in [1.82, 2.24) is 14.9 Å². The number of aromatic nitrogens is 2. The molecule has 0 radical (unpaired) electrons. The van der Waals surface area contributed by atoms with Gasteiger partial charge in [0.1, 0.15) is 12.7 Å². The van der Waals surface area contributed by atoms with E-state index >= 15 is 0 Å². The molecule has 1 saturated heterocycles. The molecule has 2 heterocycles. The number of amides is 1. The molecule has 4 rings (SSSR count). The predicted molar refractivity (Wildman–Crippen MR) is 127 cm³/mol. The van der Waals surface area contributed by atoms with E-state index in [9.17, 15) is 4.79 Å². The van der Waals surface area contributed by atoms with E-state index in [-0.39, 0.29) is 6.10 Å². The van der Waals surface area contributed by atoms with Gasteiger partial charge in [-0.2, -0.15) is 0 Å². The molecule has 2 N–H and O–H groups in total. The van der Waals surface area contributed by atoms with E-state index in [1.54, 1.807) is 24.7 Å². The van der Waals surface area contributed by atoms with Crippen LogP contribution in [0.5, 0.6) is 0 Å². The number of carboxylic acid groups (broad SMARTS) is 1. The third-order valence-electron chi connectivity index (χ3n) is 5.55. The van der Waals surface area contributed by atoms with Gasteiger partial charge in [0.2, 0.25) is 5.79 Å². The Kier molecular flexibility index (Phi) is 8.10. The van der Waals surface area contributed by atoms with Crippen LogP contribution in [-0.4, -0.2) is 58.9 Å². The number of hydrogen-bond acceptors (Lipinski definition) is 6. The second-order valence-corrected chi connectivity index (χ2v) is 8.87. The second kappa shape index (κ2) is 11.2. The zero-order chi connectivity index (χ0) is 24.0. The van der Waals surface area contributed by atoms with Gasteiger partial charge in [0, 0.05) is 48.1 Å². The number of imidazole rings is 1. The van der Waals surface area contributed by atoms with Crippen LogP contribution >= 0.6 is 23.2 Å². The minimum atomic E-state index is -1.08. The topological polar surface area (TPSA) is 107 Å². The second-order valence-electron chi connectivity index (χ2n) is 8.03. The van der Waals surface area contributed by atoms with Gasteiger partial charge in [-0.3, -0.25) is 4.99 Å². The average Bonchev–Trinajstić information content (AvgIpc) is 3.47. The lowest BCUT2D eigenvalue weighted by atomic mass is 10.0. The Morgan fingerprint density at radius 2 is 2.26 bits per heavy atom. The summed E-state index contributed by atoms with van der Waals surface area (Å²) in [6.07, 6.45) is 8.14. The number of allylic oxidation sites excluding steroid dienone is 2. The van der Waals surface area contributed by atoms with Gasteiger partial charge < -0.3 is 29.2 Å². The zero-order valence-electron chi connectivity index (χ0n) is 18.5. The van der Waals surface area contributed by atoms with Gasteiger partial charge in [0.25, 0.3) is 0 Å². The largest absolute Gasteiger partial charge is 0.495 e. The quantitative estimate of drug-likeness (QED) is 0.490. The van der Waals surface area contributed by atoms with Crippen molar-refractivity contribution in [2.45, 2.75) is 37.7 Å². The van der Waals surface area contributed by atoms with Crippen LogP contribution in [0.15, 0.2) is 53.7 Å². The fraction of sp³-hybridized carbons (Fsp3) is 0.435. The number of hydrogen-bond donors (Lipinski definition) is 2. The minimum absolute atomic E-state index is 0.284. The molecule has 182 valence electrons. The summed E-state index contributed by atoms with van der Waals surface area (Å²) in [5, 5.41) is 11.9. The maximum atomic E-state index is 10.5. The van der Waals surface area contributed by atoms with Crippen molar-refractivity contribution in [2.75, 3.05) is 26.3 Å². The number of nitrogens with one attached hydrogen (secondary N) is 1. The van der Waals surface area contributed by atoms with Crippen molar-refractivity contribution in [3.8, 4) is 0 Å². The van der Waals surface area contributed by atoms with Crippen molar-refractivity contribution in [3.63, 3.8) is 0 Å². The van der Waals surface area contributed by atoms with Crippen LogP contribution in [-0.2, 0) is 26.5 Å². The van der Waals surface area contributed by atoms with Gasteiger partial charge in [0.15, 0.2) is 0 Å². The van der Waals surface area contributed by atoms with E-state index < -0.39 is 11.9 Å². The third kappa shape index (κ3) is 6.29. The molecule has 0 saturated carbocycles. The molecule has 2 atom stereocenters. The van der Waals surface area contributed by atoms with Crippen LogP contribution in [0.4, 0.5) is 4.79 Å². The monoisotopic (exact) mass is 508 g/mol. The Bertz CT molecular complexity index is 1060. The highest BCUT2D eigenvalue weighted by Gasteiger charge is 2.45. The predicted octanol–water partition coefficient (Wildman–Crippen LogP) is 4.25. The molecule has 1 aliphatic carbocycles. The first-order valence-electron chi connectivity index (χ1n) is 11.0. The number of ether oxygens (including phenoxy) is 3. The Balaban J connectivity index is 1.35. The minimum Gasteiger partial charge on any atom is -0.495 e. The summed E-state index contributed by atoms with van der Waals surface area (Å²) in [5.74, 6) is -0.191. The SMILES string of the molecule is O=C(O)NCCN=C1CC=C(OCC2COC(Cn3ccnc3)(c3ccc(Cl)cc3Cl)O2)CC1.